The number of nitrogens with one attached hydrogen (secondary N) is 1. The van der Waals surface area contributed by atoms with E-state index in [1.54, 1.807) is 36.3 Å². The summed E-state index contributed by atoms with van der Waals surface area (Å²) < 4.78 is 10.9. The molecule has 2 aromatic carbocycles. The molecule has 6 heteroatoms. The van der Waals surface area contributed by atoms with Gasteiger partial charge in [-0.25, -0.2) is 0 Å². The van der Waals surface area contributed by atoms with Crippen molar-refractivity contribution < 1.29 is 19.1 Å². The Balaban J connectivity index is 1.53. The Hall–Kier alpha value is -3.54. The number of anilines is 1. The number of ether oxygens (including phenoxy) is 2. The molecule has 0 bridgehead atoms. The van der Waals surface area contributed by atoms with E-state index in [4.69, 9.17) is 9.47 Å². The van der Waals surface area contributed by atoms with E-state index in [0.29, 0.717) is 31.1 Å². The molecule has 1 aliphatic heterocycles. The van der Waals surface area contributed by atoms with Gasteiger partial charge in [-0.3, -0.25) is 9.59 Å². The molecule has 0 spiro atoms. The summed E-state index contributed by atoms with van der Waals surface area (Å²) in [7, 11) is 1.57. The van der Waals surface area contributed by atoms with E-state index >= 15 is 0 Å². The average Bonchev–Trinajstić information content (AvgIpc) is 3.21. The highest BCUT2D eigenvalue weighted by molar-refractivity contribution is 5.95. The van der Waals surface area contributed by atoms with Gasteiger partial charge in [0.05, 0.1) is 7.11 Å². The van der Waals surface area contributed by atoms with Crippen molar-refractivity contribution in [2.45, 2.75) is 19.4 Å². The summed E-state index contributed by atoms with van der Waals surface area (Å²) in [5.41, 5.74) is 2.70. The quantitative estimate of drug-likeness (QED) is 0.509. The minimum Gasteiger partial charge on any atom is -0.493 e. The van der Waals surface area contributed by atoms with Crippen LogP contribution < -0.4 is 19.7 Å². The van der Waals surface area contributed by atoms with Crippen LogP contribution in [0.3, 0.4) is 0 Å². The number of carbonyl (C=O) groups excluding carboxylic acids is 2. The fraction of sp³-hybridized carbons (Fsp3) is 0.250. The second-order valence-corrected chi connectivity index (χ2v) is 6.88. The standard InChI is InChI=1S/C24H26N2O4/c1-3-15-30-21-12-8-18(16-22(21)29-2)9-13-23(27)25-17-19-6-10-20(11-7-19)26-14-4-5-24(26)28/h3,6-13,16H,1,4-5,14-15,17H2,2H3,(H,25,27)/b13-9+. The third-order valence-electron chi connectivity index (χ3n) is 4.76. The Labute approximate surface area is 176 Å². The van der Waals surface area contributed by atoms with Crippen molar-refractivity contribution in [2.24, 2.45) is 0 Å². The summed E-state index contributed by atoms with van der Waals surface area (Å²) >= 11 is 0. The van der Waals surface area contributed by atoms with E-state index in [9.17, 15) is 9.59 Å². The van der Waals surface area contributed by atoms with Crippen molar-refractivity contribution in [2.75, 3.05) is 25.2 Å². The summed E-state index contributed by atoms with van der Waals surface area (Å²) in [5, 5.41) is 2.86. The van der Waals surface area contributed by atoms with Gasteiger partial charge in [-0.15, -0.1) is 0 Å². The van der Waals surface area contributed by atoms with Crippen LogP contribution >= 0.6 is 0 Å². The fourth-order valence-electron chi connectivity index (χ4n) is 3.19. The van der Waals surface area contributed by atoms with Crippen LogP contribution in [0.25, 0.3) is 6.08 Å². The first kappa shape index (κ1) is 21.2. The molecule has 156 valence electrons. The summed E-state index contributed by atoms with van der Waals surface area (Å²) in [5.74, 6) is 1.19. The van der Waals surface area contributed by atoms with Crippen molar-refractivity contribution in [3.05, 3.63) is 72.3 Å². The van der Waals surface area contributed by atoms with Crippen molar-refractivity contribution in [3.63, 3.8) is 0 Å². The highest BCUT2D eigenvalue weighted by atomic mass is 16.5. The Morgan fingerprint density at radius 2 is 2.00 bits per heavy atom. The summed E-state index contributed by atoms with van der Waals surface area (Å²) in [6.07, 6.45) is 6.38. The third-order valence-corrected chi connectivity index (χ3v) is 4.76. The molecule has 0 unspecified atom stereocenters. The third kappa shape index (κ3) is 5.50. The minimum absolute atomic E-state index is 0.165. The zero-order chi connectivity index (χ0) is 21.3. The van der Waals surface area contributed by atoms with Crippen LogP contribution in [0.2, 0.25) is 0 Å². The van der Waals surface area contributed by atoms with Crippen LogP contribution in [0, 0.1) is 0 Å². The molecule has 30 heavy (non-hydrogen) atoms. The predicted molar refractivity (Wildman–Crippen MR) is 118 cm³/mol. The Morgan fingerprint density at radius 1 is 1.20 bits per heavy atom. The van der Waals surface area contributed by atoms with Crippen LogP contribution in [-0.4, -0.2) is 32.1 Å². The number of methoxy groups -OCH3 is 1. The van der Waals surface area contributed by atoms with Gasteiger partial charge in [-0.2, -0.15) is 0 Å². The van der Waals surface area contributed by atoms with Gasteiger partial charge in [-0.05, 0) is 47.9 Å². The van der Waals surface area contributed by atoms with Crippen LogP contribution in [0.5, 0.6) is 11.5 Å². The monoisotopic (exact) mass is 406 g/mol. The summed E-state index contributed by atoms with van der Waals surface area (Å²) in [6.45, 7) is 5.20. The lowest BCUT2D eigenvalue weighted by Gasteiger charge is -2.15. The first-order valence-electron chi connectivity index (χ1n) is 9.87. The molecule has 1 fully saturated rings. The number of rotatable bonds is 9. The van der Waals surface area contributed by atoms with E-state index < -0.39 is 0 Å². The maximum absolute atomic E-state index is 12.2. The number of carbonyl (C=O) groups is 2. The highest BCUT2D eigenvalue weighted by Crippen LogP contribution is 2.28. The molecule has 0 saturated carbocycles. The largest absolute Gasteiger partial charge is 0.493 e. The molecule has 0 aromatic heterocycles. The maximum Gasteiger partial charge on any atom is 0.244 e. The smallest absolute Gasteiger partial charge is 0.244 e. The Bertz CT molecular complexity index is 935. The fourth-order valence-corrected chi connectivity index (χ4v) is 3.19. The van der Waals surface area contributed by atoms with Gasteiger partial charge >= 0.3 is 0 Å². The molecule has 6 nitrogen and oxygen atoms in total. The van der Waals surface area contributed by atoms with Gasteiger partial charge in [-0.1, -0.05) is 30.9 Å². The number of amides is 2. The Kier molecular flexibility index (Phi) is 7.27. The summed E-state index contributed by atoms with van der Waals surface area (Å²) in [6, 6.07) is 13.2. The zero-order valence-electron chi connectivity index (χ0n) is 17.1. The molecule has 3 rings (SSSR count). The van der Waals surface area contributed by atoms with Crippen molar-refractivity contribution >= 4 is 23.6 Å². The van der Waals surface area contributed by atoms with Crippen LogP contribution in [0.4, 0.5) is 5.69 Å². The first-order chi connectivity index (χ1) is 14.6. The predicted octanol–water partition coefficient (Wildman–Crippen LogP) is 3.72. The first-order valence-corrected chi connectivity index (χ1v) is 9.87. The second-order valence-electron chi connectivity index (χ2n) is 6.88. The lowest BCUT2D eigenvalue weighted by molar-refractivity contribution is -0.117. The van der Waals surface area contributed by atoms with E-state index in [2.05, 4.69) is 11.9 Å². The van der Waals surface area contributed by atoms with E-state index in [1.165, 1.54) is 6.08 Å². The van der Waals surface area contributed by atoms with Crippen LogP contribution in [0.1, 0.15) is 24.0 Å². The molecule has 2 aromatic rings. The van der Waals surface area contributed by atoms with E-state index in [-0.39, 0.29) is 11.8 Å². The van der Waals surface area contributed by atoms with Gasteiger partial charge in [0.1, 0.15) is 6.61 Å². The topological polar surface area (TPSA) is 67.9 Å². The SMILES string of the molecule is C=CCOc1ccc(/C=C/C(=O)NCc2ccc(N3CCCC3=O)cc2)cc1OC. The second kappa shape index (κ2) is 10.3. The average molecular weight is 406 g/mol. The number of nitrogens with zero attached hydrogens (tertiary/aromatic N) is 1. The Morgan fingerprint density at radius 3 is 2.67 bits per heavy atom. The molecule has 1 aliphatic rings. The minimum atomic E-state index is -0.195. The molecule has 0 aliphatic carbocycles. The number of hydrogen-bond donors (Lipinski definition) is 1. The molecular weight excluding hydrogens is 380 g/mol. The van der Waals surface area contributed by atoms with Crippen molar-refractivity contribution in [1.82, 2.24) is 5.32 Å². The van der Waals surface area contributed by atoms with E-state index in [0.717, 1.165) is 29.8 Å². The van der Waals surface area contributed by atoms with Crippen molar-refractivity contribution in [3.8, 4) is 11.5 Å². The van der Waals surface area contributed by atoms with Crippen LogP contribution in [-0.2, 0) is 16.1 Å². The van der Waals surface area contributed by atoms with Gasteiger partial charge in [0.2, 0.25) is 11.8 Å². The number of benzene rings is 2. The molecule has 1 N–H and O–H groups in total. The molecule has 2 amide bonds. The molecule has 1 saturated heterocycles. The van der Waals surface area contributed by atoms with Crippen molar-refractivity contribution in [1.29, 1.82) is 0 Å². The molecule has 0 radical (unpaired) electrons. The maximum atomic E-state index is 12.2. The van der Waals surface area contributed by atoms with Gasteiger partial charge in [0.15, 0.2) is 11.5 Å². The number of hydrogen-bond acceptors (Lipinski definition) is 4. The van der Waals surface area contributed by atoms with Gasteiger partial charge < -0.3 is 19.7 Å². The normalized spacial score (nSPS) is 13.5. The lowest BCUT2D eigenvalue weighted by atomic mass is 10.1. The van der Waals surface area contributed by atoms with Gasteiger partial charge in [0.25, 0.3) is 0 Å². The van der Waals surface area contributed by atoms with Crippen LogP contribution in [0.15, 0.2) is 61.2 Å². The van der Waals surface area contributed by atoms with E-state index in [1.807, 2.05) is 30.3 Å². The zero-order valence-corrected chi connectivity index (χ0v) is 17.1. The molecule has 1 heterocycles. The molecule has 0 atom stereocenters. The molecular formula is C24H26N2O4. The lowest BCUT2D eigenvalue weighted by Crippen LogP contribution is -2.23. The highest BCUT2D eigenvalue weighted by Gasteiger charge is 2.21. The van der Waals surface area contributed by atoms with Gasteiger partial charge in [0, 0.05) is 31.3 Å². The summed E-state index contributed by atoms with van der Waals surface area (Å²) in [4.78, 5) is 25.8.